The van der Waals surface area contributed by atoms with E-state index in [1.54, 1.807) is 42.9 Å². The van der Waals surface area contributed by atoms with Crippen molar-refractivity contribution in [2.24, 2.45) is 7.05 Å². The minimum Gasteiger partial charge on any atom is -0.292 e. The largest absolute Gasteiger partial charge is 0.320 e. The fraction of sp³-hybridized carbons (Fsp3) is 0.318. The Labute approximate surface area is 175 Å². The second-order valence-corrected chi connectivity index (χ2v) is 7.81. The smallest absolute Gasteiger partial charge is 0.292 e. The van der Waals surface area contributed by atoms with Gasteiger partial charge in [-0.1, -0.05) is 12.1 Å². The summed E-state index contributed by atoms with van der Waals surface area (Å²) in [7, 11) is 1.74. The summed E-state index contributed by atoms with van der Waals surface area (Å²) in [4.78, 5) is 22.5. The standard InChI is InChI=1S/C22H18F2N6O/c1-11-18-13(9-16(12-7-8-12)27-21(18)29(2)28-11)19(31)14(10-25)20-26-15-5-3-4-6-17(15)30(20)22(23)24/h3-6,9,12,14,22H,7-8H2,1-2H3. The van der Waals surface area contributed by atoms with Crippen molar-refractivity contribution in [3.05, 3.63) is 53.1 Å². The predicted molar refractivity (Wildman–Crippen MR) is 109 cm³/mol. The lowest BCUT2D eigenvalue weighted by Crippen LogP contribution is -2.18. The van der Waals surface area contributed by atoms with E-state index in [0.717, 1.165) is 18.5 Å². The van der Waals surface area contributed by atoms with E-state index in [0.29, 0.717) is 26.8 Å². The normalized spacial score (nSPS) is 15.0. The molecule has 1 saturated carbocycles. The van der Waals surface area contributed by atoms with Crippen LogP contribution in [0, 0.1) is 18.3 Å². The van der Waals surface area contributed by atoms with Crippen LogP contribution in [-0.2, 0) is 7.05 Å². The summed E-state index contributed by atoms with van der Waals surface area (Å²) in [5.74, 6) is -2.07. The molecule has 156 valence electrons. The molecule has 1 aliphatic carbocycles. The Balaban J connectivity index is 1.72. The molecule has 0 spiro atoms. The molecule has 1 aromatic carbocycles. The van der Waals surface area contributed by atoms with E-state index in [9.17, 15) is 18.8 Å². The number of nitriles is 1. The lowest BCUT2D eigenvalue weighted by molar-refractivity contribution is 0.0701. The second-order valence-electron chi connectivity index (χ2n) is 7.81. The fourth-order valence-corrected chi connectivity index (χ4v) is 4.11. The maximum Gasteiger partial charge on any atom is 0.320 e. The molecular weight excluding hydrogens is 402 g/mol. The first-order valence-electron chi connectivity index (χ1n) is 9.93. The van der Waals surface area contributed by atoms with Crippen LogP contribution in [0.15, 0.2) is 30.3 Å². The number of imidazole rings is 1. The molecule has 4 aromatic rings. The van der Waals surface area contributed by atoms with Gasteiger partial charge < -0.3 is 0 Å². The quantitative estimate of drug-likeness (QED) is 0.447. The van der Waals surface area contributed by atoms with Crippen LogP contribution in [0.4, 0.5) is 8.78 Å². The summed E-state index contributed by atoms with van der Waals surface area (Å²) < 4.78 is 30.1. The third-order valence-electron chi connectivity index (χ3n) is 5.72. The number of halogens is 2. The highest BCUT2D eigenvalue weighted by Gasteiger charge is 2.34. The molecule has 0 saturated heterocycles. The molecule has 0 radical (unpaired) electrons. The number of hydrogen-bond donors (Lipinski definition) is 0. The molecule has 0 aliphatic heterocycles. The molecule has 1 aliphatic rings. The van der Waals surface area contributed by atoms with Gasteiger partial charge in [0.05, 0.1) is 28.2 Å². The van der Waals surface area contributed by atoms with Crippen LogP contribution in [0.1, 0.15) is 58.8 Å². The number of alkyl halides is 2. The number of carbonyl (C=O) groups is 1. The first-order valence-corrected chi connectivity index (χ1v) is 9.93. The molecule has 1 unspecified atom stereocenters. The average molecular weight is 420 g/mol. The SMILES string of the molecule is Cc1nn(C)c2nc(C3CC3)cc(C(=O)C(C#N)c3nc4ccccc4n3C(F)F)c12. The van der Waals surface area contributed by atoms with Crippen LogP contribution < -0.4 is 0 Å². The Morgan fingerprint density at radius 3 is 2.68 bits per heavy atom. The number of benzene rings is 1. The number of Topliss-reactive ketones (excluding diaryl/α,β-unsaturated/α-hetero) is 1. The highest BCUT2D eigenvalue weighted by molar-refractivity contribution is 6.11. The number of carbonyl (C=O) groups excluding carboxylic acids is 1. The first kappa shape index (κ1) is 19.3. The molecule has 9 heteroatoms. The van der Waals surface area contributed by atoms with Crippen molar-refractivity contribution < 1.29 is 13.6 Å². The third-order valence-corrected chi connectivity index (χ3v) is 5.72. The number of para-hydroxylation sites is 2. The van der Waals surface area contributed by atoms with Crippen molar-refractivity contribution >= 4 is 27.9 Å². The molecule has 31 heavy (non-hydrogen) atoms. The molecule has 3 heterocycles. The van der Waals surface area contributed by atoms with Crippen LogP contribution in [-0.4, -0.2) is 30.1 Å². The summed E-state index contributed by atoms with van der Waals surface area (Å²) in [5, 5.41) is 14.8. The van der Waals surface area contributed by atoms with E-state index in [1.807, 2.05) is 6.07 Å². The zero-order valence-electron chi connectivity index (χ0n) is 16.9. The van der Waals surface area contributed by atoms with Crippen molar-refractivity contribution in [2.75, 3.05) is 0 Å². The summed E-state index contributed by atoms with van der Waals surface area (Å²) >= 11 is 0. The Morgan fingerprint density at radius 2 is 2.00 bits per heavy atom. The van der Waals surface area contributed by atoms with Gasteiger partial charge in [-0.05, 0) is 38.0 Å². The minimum atomic E-state index is -2.94. The Hall–Kier alpha value is -3.67. The van der Waals surface area contributed by atoms with E-state index < -0.39 is 18.3 Å². The fourth-order valence-electron chi connectivity index (χ4n) is 4.11. The maximum atomic E-state index is 13.9. The van der Waals surface area contributed by atoms with Crippen molar-refractivity contribution in [1.82, 2.24) is 24.3 Å². The van der Waals surface area contributed by atoms with Crippen LogP contribution in [0.25, 0.3) is 22.1 Å². The summed E-state index contributed by atoms with van der Waals surface area (Å²) in [6, 6.07) is 9.97. The van der Waals surface area contributed by atoms with Gasteiger partial charge in [0.2, 0.25) is 0 Å². The lowest BCUT2D eigenvalue weighted by Gasteiger charge is -2.13. The van der Waals surface area contributed by atoms with Crippen LogP contribution >= 0.6 is 0 Å². The van der Waals surface area contributed by atoms with Gasteiger partial charge in [0.1, 0.15) is 5.82 Å². The molecular formula is C22H18F2N6O. The van der Waals surface area contributed by atoms with Crippen molar-refractivity contribution in [3.63, 3.8) is 0 Å². The number of aromatic nitrogens is 5. The van der Waals surface area contributed by atoms with Crippen molar-refractivity contribution in [1.29, 1.82) is 5.26 Å². The number of hydrogen-bond acceptors (Lipinski definition) is 5. The molecule has 0 N–H and O–H groups in total. The van der Waals surface area contributed by atoms with Gasteiger partial charge >= 0.3 is 6.55 Å². The van der Waals surface area contributed by atoms with Gasteiger partial charge in [-0.15, -0.1) is 0 Å². The third kappa shape index (κ3) is 2.98. The van der Waals surface area contributed by atoms with Crippen molar-refractivity contribution in [2.45, 2.75) is 38.2 Å². The van der Waals surface area contributed by atoms with E-state index in [1.165, 1.54) is 6.07 Å². The molecule has 0 bridgehead atoms. The van der Waals surface area contributed by atoms with Gasteiger partial charge in [0.15, 0.2) is 17.3 Å². The number of nitrogens with zero attached hydrogens (tertiary/aromatic N) is 6. The molecule has 1 fully saturated rings. The lowest BCUT2D eigenvalue weighted by atomic mass is 9.94. The monoisotopic (exact) mass is 420 g/mol. The van der Waals surface area contributed by atoms with Crippen LogP contribution in [0.3, 0.4) is 0 Å². The van der Waals surface area contributed by atoms with E-state index in [2.05, 4.69) is 15.1 Å². The zero-order valence-corrected chi connectivity index (χ0v) is 16.9. The Kier molecular flexibility index (Phi) is 4.32. The van der Waals surface area contributed by atoms with E-state index >= 15 is 0 Å². The number of fused-ring (bicyclic) bond motifs is 2. The molecule has 0 amide bonds. The van der Waals surface area contributed by atoms with Gasteiger partial charge in [-0.3, -0.25) is 14.0 Å². The Bertz CT molecular complexity index is 1390. The number of ketones is 1. The number of pyridine rings is 1. The highest BCUT2D eigenvalue weighted by atomic mass is 19.3. The van der Waals surface area contributed by atoms with Crippen LogP contribution in [0.2, 0.25) is 0 Å². The molecule has 5 rings (SSSR count). The van der Waals surface area contributed by atoms with Crippen molar-refractivity contribution in [3.8, 4) is 6.07 Å². The Morgan fingerprint density at radius 1 is 1.26 bits per heavy atom. The molecule has 7 nitrogen and oxygen atoms in total. The number of aryl methyl sites for hydroxylation is 2. The maximum absolute atomic E-state index is 13.9. The van der Waals surface area contributed by atoms with Gasteiger partial charge in [-0.2, -0.15) is 19.1 Å². The predicted octanol–water partition coefficient (Wildman–Crippen LogP) is 4.39. The highest BCUT2D eigenvalue weighted by Crippen LogP contribution is 2.41. The molecule has 3 aromatic heterocycles. The van der Waals surface area contributed by atoms with Gasteiger partial charge in [-0.25, -0.2) is 9.97 Å². The molecule has 1 atom stereocenters. The van der Waals surface area contributed by atoms with Crippen LogP contribution in [0.5, 0.6) is 0 Å². The average Bonchev–Trinajstić information content (AvgIpc) is 3.47. The first-order chi connectivity index (χ1) is 14.9. The topological polar surface area (TPSA) is 89.4 Å². The summed E-state index contributed by atoms with van der Waals surface area (Å²) in [6.45, 7) is -1.18. The second kappa shape index (κ2) is 6.94. The van der Waals surface area contributed by atoms with E-state index in [4.69, 9.17) is 0 Å². The summed E-state index contributed by atoms with van der Waals surface area (Å²) in [5.41, 5.74) is 2.66. The minimum absolute atomic E-state index is 0.177. The zero-order chi connectivity index (χ0) is 21.9. The van der Waals surface area contributed by atoms with Gasteiger partial charge in [0.25, 0.3) is 0 Å². The number of rotatable bonds is 5. The summed E-state index contributed by atoms with van der Waals surface area (Å²) in [6.07, 6.45) is 1.96. The van der Waals surface area contributed by atoms with Gasteiger partial charge in [0, 0.05) is 24.2 Å². The van der Waals surface area contributed by atoms with E-state index in [-0.39, 0.29) is 22.8 Å².